The van der Waals surface area contributed by atoms with Crippen LogP contribution in [0.2, 0.25) is 0 Å². The SMILES string of the molecule is N=C(N)c1cc(C(=O)OCc2ccccc2)ccc1OCCCCN1CCNC(=O)C1=O. The first-order valence-electron chi connectivity index (χ1n) is 10.3. The number of nitrogens with one attached hydrogen (secondary N) is 2. The molecule has 0 saturated carbocycles. The first-order chi connectivity index (χ1) is 15.5. The van der Waals surface area contributed by atoms with Gasteiger partial charge in [0.2, 0.25) is 0 Å². The third kappa shape index (κ3) is 6.07. The van der Waals surface area contributed by atoms with Crippen LogP contribution in [0.1, 0.15) is 34.3 Å². The molecule has 168 valence electrons. The van der Waals surface area contributed by atoms with Crippen molar-refractivity contribution in [3.05, 3.63) is 65.2 Å². The highest BCUT2D eigenvalue weighted by atomic mass is 16.5. The zero-order valence-corrected chi connectivity index (χ0v) is 17.6. The van der Waals surface area contributed by atoms with Gasteiger partial charge in [-0.3, -0.25) is 15.0 Å². The first-order valence-corrected chi connectivity index (χ1v) is 10.3. The van der Waals surface area contributed by atoms with E-state index in [0.29, 0.717) is 50.4 Å². The number of amides is 2. The van der Waals surface area contributed by atoms with Crippen molar-refractivity contribution < 1.29 is 23.9 Å². The Bertz CT molecular complexity index is 993. The van der Waals surface area contributed by atoms with Gasteiger partial charge in [-0.05, 0) is 36.6 Å². The summed E-state index contributed by atoms with van der Waals surface area (Å²) in [6.07, 6.45) is 1.31. The standard InChI is InChI=1S/C23H26N4O5/c24-20(25)18-14-17(23(30)32-15-16-6-2-1-3-7-16)8-9-19(18)31-13-5-4-11-27-12-10-26-21(28)22(27)29/h1-3,6-9,14H,4-5,10-13,15H2,(H3,24,25)(H,26,28). The normalized spacial score (nSPS) is 13.4. The Hall–Kier alpha value is -3.88. The molecular weight excluding hydrogens is 412 g/mol. The van der Waals surface area contributed by atoms with Gasteiger partial charge >= 0.3 is 17.8 Å². The van der Waals surface area contributed by atoms with Crippen molar-refractivity contribution in [3.63, 3.8) is 0 Å². The molecule has 4 N–H and O–H groups in total. The van der Waals surface area contributed by atoms with Crippen molar-refractivity contribution in [2.45, 2.75) is 19.4 Å². The molecule has 0 aliphatic carbocycles. The van der Waals surface area contributed by atoms with Crippen LogP contribution in [0.5, 0.6) is 5.75 Å². The zero-order chi connectivity index (χ0) is 22.9. The number of ether oxygens (including phenoxy) is 2. The van der Waals surface area contributed by atoms with Gasteiger partial charge in [0.1, 0.15) is 18.2 Å². The third-order valence-corrected chi connectivity index (χ3v) is 4.95. The Morgan fingerprint density at radius 2 is 1.91 bits per heavy atom. The molecule has 1 heterocycles. The van der Waals surface area contributed by atoms with E-state index in [-0.39, 0.29) is 18.0 Å². The van der Waals surface area contributed by atoms with E-state index in [9.17, 15) is 14.4 Å². The summed E-state index contributed by atoms with van der Waals surface area (Å²) in [5, 5.41) is 10.3. The van der Waals surface area contributed by atoms with Crippen molar-refractivity contribution in [1.82, 2.24) is 10.2 Å². The Kier molecular flexibility index (Phi) is 7.80. The summed E-state index contributed by atoms with van der Waals surface area (Å²) in [5.41, 5.74) is 7.13. The predicted octanol–water partition coefficient (Wildman–Crippen LogP) is 1.45. The lowest BCUT2D eigenvalue weighted by atomic mass is 10.1. The molecule has 0 bridgehead atoms. The molecule has 0 radical (unpaired) electrons. The van der Waals surface area contributed by atoms with Gasteiger partial charge in [-0.25, -0.2) is 4.79 Å². The molecule has 3 rings (SSSR count). The third-order valence-electron chi connectivity index (χ3n) is 4.95. The van der Waals surface area contributed by atoms with Gasteiger partial charge in [0, 0.05) is 19.6 Å². The number of nitrogen functional groups attached to an aromatic ring is 1. The lowest BCUT2D eigenvalue weighted by molar-refractivity contribution is -0.148. The summed E-state index contributed by atoms with van der Waals surface area (Å²) in [6.45, 7) is 1.92. The van der Waals surface area contributed by atoms with Gasteiger partial charge in [-0.2, -0.15) is 0 Å². The minimum atomic E-state index is -0.569. The molecule has 1 saturated heterocycles. The lowest BCUT2D eigenvalue weighted by Gasteiger charge is -2.26. The quantitative estimate of drug-likeness (QED) is 0.169. The molecule has 0 unspecified atom stereocenters. The second-order valence-electron chi connectivity index (χ2n) is 7.29. The smallest absolute Gasteiger partial charge is 0.338 e. The van der Waals surface area contributed by atoms with Crippen LogP contribution in [-0.2, 0) is 20.9 Å². The maximum Gasteiger partial charge on any atom is 0.338 e. The van der Waals surface area contributed by atoms with Crippen LogP contribution >= 0.6 is 0 Å². The number of hydrogen-bond acceptors (Lipinski definition) is 6. The lowest BCUT2D eigenvalue weighted by Crippen LogP contribution is -2.52. The van der Waals surface area contributed by atoms with E-state index in [1.165, 1.54) is 11.0 Å². The fraction of sp³-hybridized carbons (Fsp3) is 0.304. The van der Waals surface area contributed by atoms with Crippen molar-refractivity contribution in [2.24, 2.45) is 5.73 Å². The minimum absolute atomic E-state index is 0.147. The maximum atomic E-state index is 12.4. The van der Waals surface area contributed by atoms with Crippen LogP contribution in [0, 0.1) is 5.41 Å². The average molecular weight is 438 g/mol. The molecule has 0 atom stereocenters. The number of nitrogens with zero attached hydrogens (tertiary/aromatic N) is 1. The molecule has 0 aromatic heterocycles. The molecule has 32 heavy (non-hydrogen) atoms. The molecule has 2 aromatic carbocycles. The fourth-order valence-electron chi connectivity index (χ4n) is 3.23. The molecule has 0 spiro atoms. The summed E-state index contributed by atoms with van der Waals surface area (Å²) in [4.78, 5) is 37.0. The Balaban J connectivity index is 1.50. The zero-order valence-electron chi connectivity index (χ0n) is 17.6. The first kappa shape index (κ1) is 22.8. The average Bonchev–Trinajstić information content (AvgIpc) is 2.80. The van der Waals surface area contributed by atoms with E-state index in [2.05, 4.69) is 5.32 Å². The topological polar surface area (TPSA) is 135 Å². The van der Waals surface area contributed by atoms with Crippen LogP contribution in [0.15, 0.2) is 48.5 Å². The molecule has 1 aliphatic heterocycles. The van der Waals surface area contributed by atoms with Crippen molar-refractivity contribution >= 4 is 23.6 Å². The molecule has 9 nitrogen and oxygen atoms in total. The van der Waals surface area contributed by atoms with Crippen LogP contribution in [0.3, 0.4) is 0 Å². The number of unbranched alkanes of at least 4 members (excludes halogenated alkanes) is 1. The van der Waals surface area contributed by atoms with Gasteiger partial charge in [0.05, 0.1) is 17.7 Å². The van der Waals surface area contributed by atoms with E-state index in [0.717, 1.165) is 5.56 Å². The van der Waals surface area contributed by atoms with Crippen LogP contribution in [0.4, 0.5) is 0 Å². The van der Waals surface area contributed by atoms with Crippen molar-refractivity contribution in [3.8, 4) is 5.75 Å². The number of piperazine rings is 1. The Labute approximate surface area is 186 Å². The fourth-order valence-corrected chi connectivity index (χ4v) is 3.23. The molecule has 2 aromatic rings. The molecular formula is C23H26N4O5. The predicted molar refractivity (Wildman–Crippen MR) is 117 cm³/mol. The van der Waals surface area contributed by atoms with E-state index >= 15 is 0 Å². The highest BCUT2D eigenvalue weighted by Crippen LogP contribution is 2.21. The van der Waals surface area contributed by atoms with Crippen LogP contribution < -0.4 is 15.8 Å². The number of nitrogens with two attached hydrogens (primary N) is 1. The van der Waals surface area contributed by atoms with E-state index in [1.54, 1.807) is 12.1 Å². The van der Waals surface area contributed by atoms with Gasteiger partial charge in [-0.15, -0.1) is 0 Å². The van der Waals surface area contributed by atoms with E-state index < -0.39 is 17.8 Å². The summed E-state index contributed by atoms with van der Waals surface area (Å²) in [7, 11) is 0. The number of carbonyl (C=O) groups excluding carboxylic acids is 3. The van der Waals surface area contributed by atoms with Gasteiger partial charge in [-0.1, -0.05) is 30.3 Å². The molecule has 2 amide bonds. The number of amidine groups is 1. The van der Waals surface area contributed by atoms with Gasteiger partial charge < -0.3 is 25.4 Å². The largest absolute Gasteiger partial charge is 0.493 e. The van der Waals surface area contributed by atoms with Gasteiger partial charge in [0.15, 0.2) is 0 Å². The maximum absolute atomic E-state index is 12.4. The number of rotatable bonds is 10. The second kappa shape index (κ2) is 10.9. The molecule has 1 fully saturated rings. The van der Waals surface area contributed by atoms with Crippen molar-refractivity contribution in [1.29, 1.82) is 5.41 Å². The number of benzene rings is 2. The summed E-state index contributed by atoms with van der Waals surface area (Å²) >= 11 is 0. The van der Waals surface area contributed by atoms with Gasteiger partial charge in [0.25, 0.3) is 0 Å². The molecule has 1 aliphatic rings. The van der Waals surface area contributed by atoms with E-state index in [1.807, 2.05) is 30.3 Å². The highest BCUT2D eigenvalue weighted by molar-refractivity contribution is 6.35. The number of hydrogen-bond donors (Lipinski definition) is 3. The minimum Gasteiger partial charge on any atom is -0.493 e. The second-order valence-corrected chi connectivity index (χ2v) is 7.29. The van der Waals surface area contributed by atoms with Crippen LogP contribution in [-0.4, -0.2) is 54.8 Å². The number of esters is 1. The monoisotopic (exact) mass is 438 g/mol. The highest BCUT2D eigenvalue weighted by Gasteiger charge is 2.25. The molecule has 9 heteroatoms. The summed E-state index contributed by atoms with van der Waals surface area (Å²) in [5.74, 6) is -1.42. The Morgan fingerprint density at radius 3 is 2.66 bits per heavy atom. The van der Waals surface area contributed by atoms with Crippen LogP contribution in [0.25, 0.3) is 0 Å². The summed E-state index contributed by atoms with van der Waals surface area (Å²) in [6, 6.07) is 14.0. The van der Waals surface area contributed by atoms with Crippen molar-refractivity contribution in [2.75, 3.05) is 26.2 Å². The van der Waals surface area contributed by atoms with E-state index in [4.69, 9.17) is 20.6 Å². The summed E-state index contributed by atoms with van der Waals surface area (Å²) < 4.78 is 11.1. The Morgan fingerprint density at radius 1 is 1.12 bits per heavy atom. The number of carbonyl (C=O) groups is 3.